The average Bonchev–Trinajstić information content (AvgIpc) is 3.60. The van der Waals surface area contributed by atoms with Crippen LogP contribution in [0.5, 0.6) is 5.75 Å². The number of aromatic nitrogens is 3. The molecule has 2 atom stereocenters. The summed E-state index contributed by atoms with van der Waals surface area (Å²) in [4.78, 5) is 29.1. The highest BCUT2D eigenvalue weighted by Crippen LogP contribution is 2.31. The average molecular weight is 518 g/mol. The molecule has 1 N–H and O–H groups in total. The van der Waals surface area contributed by atoms with Gasteiger partial charge in [0.2, 0.25) is 11.8 Å². The van der Waals surface area contributed by atoms with Crippen LogP contribution in [-0.4, -0.2) is 53.2 Å². The molecule has 38 heavy (non-hydrogen) atoms. The number of rotatable bonds is 9. The number of carbonyl (C=O) groups excluding carboxylic acids is 2. The minimum absolute atomic E-state index is 0.0928. The zero-order chi connectivity index (χ0) is 26.5. The number of amides is 2. The number of methoxy groups -OCH3 is 1. The molecule has 0 saturated carbocycles. The number of ether oxygens (including phenoxy) is 2. The fourth-order valence-electron chi connectivity index (χ4n) is 4.65. The van der Waals surface area contributed by atoms with Crippen LogP contribution in [0.2, 0.25) is 0 Å². The third-order valence-electron chi connectivity index (χ3n) is 6.50. The third kappa shape index (κ3) is 5.50. The molecule has 0 bridgehead atoms. The lowest BCUT2D eigenvalue weighted by Crippen LogP contribution is -2.46. The van der Waals surface area contributed by atoms with Gasteiger partial charge in [0.25, 0.3) is 0 Å². The number of hydrogen-bond acceptors (Lipinski definition) is 6. The molecule has 1 aliphatic rings. The Morgan fingerprint density at radius 3 is 2.79 bits per heavy atom. The number of carbonyl (C=O) groups is 2. The molecular weight excluding hydrogens is 489 g/mol. The van der Waals surface area contributed by atoms with Gasteiger partial charge in [0.05, 0.1) is 18.7 Å². The third-order valence-corrected chi connectivity index (χ3v) is 6.50. The molecule has 0 radical (unpaired) electrons. The van der Waals surface area contributed by atoms with Gasteiger partial charge in [-0.2, -0.15) is 0 Å². The lowest BCUT2D eigenvalue weighted by Gasteiger charge is -2.32. The monoisotopic (exact) mass is 517 g/mol. The summed E-state index contributed by atoms with van der Waals surface area (Å²) in [5.74, 6) is -0.898. The van der Waals surface area contributed by atoms with E-state index in [0.717, 1.165) is 12.8 Å². The van der Waals surface area contributed by atoms with E-state index in [1.807, 2.05) is 18.2 Å². The fraction of sp³-hybridized carbons (Fsp3) is 0.286. The van der Waals surface area contributed by atoms with Crippen molar-refractivity contribution in [3.05, 3.63) is 84.2 Å². The van der Waals surface area contributed by atoms with E-state index < -0.39 is 23.7 Å². The maximum Gasteiger partial charge on any atom is 0.249 e. The number of nitrogens with one attached hydrogen (secondary N) is 1. The van der Waals surface area contributed by atoms with Crippen LogP contribution in [0.3, 0.4) is 0 Å². The van der Waals surface area contributed by atoms with Crippen molar-refractivity contribution >= 4 is 28.5 Å². The van der Waals surface area contributed by atoms with E-state index in [0.29, 0.717) is 35.5 Å². The van der Waals surface area contributed by atoms with Crippen molar-refractivity contribution in [2.75, 3.05) is 25.2 Å². The number of para-hydroxylation sites is 1. The molecule has 2 amide bonds. The van der Waals surface area contributed by atoms with E-state index >= 15 is 0 Å². The van der Waals surface area contributed by atoms with Crippen LogP contribution in [-0.2, 0) is 20.9 Å². The van der Waals surface area contributed by atoms with Crippen LogP contribution in [0.1, 0.15) is 24.4 Å². The number of anilines is 1. The highest BCUT2D eigenvalue weighted by molar-refractivity contribution is 6.01. The molecule has 5 rings (SSSR count). The summed E-state index contributed by atoms with van der Waals surface area (Å²) >= 11 is 0. The molecule has 0 spiro atoms. The van der Waals surface area contributed by atoms with Gasteiger partial charge in [0.15, 0.2) is 0 Å². The first-order chi connectivity index (χ1) is 18.5. The number of hydrogen-bond donors (Lipinski definition) is 1. The minimum atomic E-state index is -1.12. The van der Waals surface area contributed by atoms with Gasteiger partial charge in [0.1, 0.15) is 29.7 Å². The SMILES string of the molecule is COc1cccc([C@@H](C(=O)NC[C@H]2CCCO2)N(C(=O)Cn2nnc3ccccc32)c2cccc(F)c2)c1. The first-order valence-corrected chi connectivity index (χ1v) is 12.4. The quantitative estimate of drug-likeness (QED) is 0.364. The maximum atomic E-state index is 14.4. The van der Waals surface area contributed by atoms with Crippen molar-refractivity contribution < 1.29 is 23.5 Å². The van der Waals surface area contributed by atoms with Gasteiger partial charge in [-0.15, -0.1) is 5.10 Å². The number of nitrogens with zero attached hydrogens (tertiary/aromatic N) is 4. The summed E-state index contributed by atoms with van der Waals surface area (Å²) in [6.07, 6.45) is 1.68. The first-order valence-electron chi connectivity index (χ1n) is 12.4. The Bertz CT molecular complexity index is 1440. The maximum absolute atomic E-state index is 14.4. The van der Waals surface area contributed by atoms with E-state index in [1.165, 1.54) is 34.9 Å². The van der Waals surface area contributed by atoms with Crippen molar-refractivity contribution in [3.63, 3.8) is 0 Å². The van der Waals surface area contributed by atoms with Crippen molar-refractivity contribution in [3.8, 4) is 5.75 Å². The molecule has 196 valence electrons. The Labute approximate surface area is 219 Å². The van der Waals surface area contributed by atoms with E-state index in [9.17, 15) is 14.0 Å². The molecule has 1 fully saturated rings. The Morgan fingerprint density at radius 2 is 2.00 bits per heavy atom. The molecule has 0 aliphatic carbocycles. The molecule has 0 unspecified atom stereocenters. The number of fused-ring (bicyclic) bond motifs is 1. The molecular formula is C28H28FN5O4. The fourth-order valence-corrected chi connectivity index (χ4v) is 4.65. The van der Waals surface area contributed by atoms with E-state index in [2.05, 4.69) is 15.6 Å². The zero-order valence-corrected chi connectivity index (χ0v) is 20.9. The zero-order valence-electron chi connectivity index (χ0n) is 20.9. The van der Waals surface area contributed by atoms with Crippen LogP contribution in [0, 0.1) is 5.82 Å². The normalized spacial score (nSPS) is 15.8. The van der Waals surface area contributed by atoms with Crippen molar-refractivity contribution in [2.45, 2.75) is 31.5 Å². The summed E-state index contributed by atoms with van der Waals surface area (Å²) in [6, 6.07) is 18.7. The van der Waals surface area contributed by atoms with Crippen LogP contribution < -0.4 is 15.0 Å². The molecule has 4 aromatic rings. The summed E-state index contributed by atoms with van der Waals surface area (Å²) < 4.78 is 26.9. The lowest BCUT2D eigenvalue weighted by molar-refractivity contribution is -0.127. The lowest BCUT2D eigenvalue weighted by atomic mass is 10.0. The van der Waals surface area contributed by atoms with Crippen molar-refractivity contribution in [2.24, 2.45) is 0 Å². The van der Waals surface area contributed by atoms with Crippen LogP contribution in [0.4, 0.5) is 10.1 Å². The number of benzene rings is 3. The predicted molar refractivity (Wildman–Crippen MR) is 139 cm³/mol. The number of halogens is 1. The molecule has 1 aromatic heterocycles. The van der Waals surface area contributed by atoms with Gasteiger partial charge >= 0.3 is 0 Å². The molecule has 10 heteroatoms. The van der Waals surface area contributed by atoms with Gasteiger partial charge in [-0.05, 0) is 60.9 Å². The molecule has 1 aliphatic heterocycles. The first kappa shape index (κ1) is 25.3. The van der Waals surface area contributed by atoms with Gasteiger partial charge in [-0.3, -0.25) is 14.5 Å². The smallest absolute Gasteiger partial charge is 0.249 e. The van der Waals surface area contributed by atoms with Crippen molar-refractivity contribution in [1.29, 1.82) is 0 Å². The summed E-state index contributed by atoms with van der Waals surface area (Å²) in [5.41, 5.74) is 2.05. The second-order valence-electron chi connectivity index (χ2n) is 9.04. The van der Waals surface area contributed by atoms with Gasteiger partial charge in [-0.25, -0.2) is 9.07 Å². The summed E-state index contributed by atoms with van der Waals surface area (Å²) in [6.45, 7) is 0.744. The van der Waals surface area contributed by atoms with Gasteiger partial charge in [0, 0.05) is 18.8 Å². The van der Waals surface area contributed by atoms with Crippen LogP contribution in [0.15, 0.2) is 72.8 Å². The van der Waals surface area contributed by atoms with E-state index in [-0.39, 0.29) is 18.3 Å². The topological polar surface area (TPSA) is 98.6 Å². The largest absolute Gasteiger partial charge is 0.497 e. The van der Waals surface area contributed by atoms with Gasteiger partial charge < -0.3 is 14.8 Å². The predicted octanol–water partition coefficient (Wildman–Crippen LogP) is 3.65. The van der Waals surface area contributed by atoms with Crippen LogP contribution in [0.25, 0.3) is 11.0 Å². The second kappa shape index (κ2) is 11.4. The Hall–Kier alpha value is -4.31. The van der Waals surface area contributed by atoms with Crippen LogP contribution >= 0.6 is 0 Å². The van der Waals surface area contributed by atoms with E-state index in [1.54, 1.807) is 36.4 Å². The standard InChI is InChI=1S/C28H28FN5O4/c1-37-22-10-4-7-19(15-22)27(28(36)30-17-23-11-6-14-38-23)34(21-9-5-8-20(29)16-21)26(35)18-33-25-13-3-2-12-24(25)31-32-33/h2-5,7-10,12-13,15-16,23,27H,6,11,14,17-18H2,1H3,(H,30,36)/t23-,27+/m1/s1. The molecule has 1 saturated heterocycles. The van der Waals surface area contributed by atoms with Crippen molar-refractivity contribution in [1.82, 2.24) is 20.3 Å². The van der Waals surface area contributed by atoms with Gasteiger partial charge in [-0.1, -0.05) is 35.5 Å². The molecule has 3 aromatic carbocycles. The summed E-state index contributed by atoms with van der Waals surface area (Å²) in [5, 5.41) is 11.2. The van der Waals surface area contributed by atoms with E-state index in [4.69, 9.17) is 9.47 Å². The Kier molecular flexibility index (Phi) is 7.60. The highest BCUT2D eigenvalue weighted by Gasteiger charge is 2.34. The Balaban J connectivity index is 1.55. The minimum Gasteiger partial charge on any atom is -0.497 e. The molecule has 9 nitrogen and oxygen atoms in total. The second-order valence-corrected chi connectivity index (χ2v) is 9.04. The highest BCUT2D eigenvalue weighted by atomic mass is 19.1. The Morgan fingerprint density at radius 1 is 1.16 bits per heavy atom. The molecule has 2 heterocycles. The summed E-state index contributed by atoms with van der Waals surface area (Å²) in [7, 11) is 1.52.